The summed E-state index contributed by atoms with van der Waals surface area (Å²) in [6, 6.07) is 7.11. The van der Waals surface area contributed by atoms with Gasteiger partial charge in [0, 0.05) is 0 Å². The van der Waals surface area contributed by atoms with Crippen LogP contribution < -0.4 is 4.74 Å². The lowest BCUT2D eigenvalue weighted by molar-refractivity contribution is -0.140. The fourth-order valence-corrected chi connectivity index (χ4v) is 5.32. The van der Waals surface area contributed by atoms with E-state index in [1.807, 2.05) is 0 Å². The lowest BCUT2D eigenvalue weighted by Crippen LogP contribution is -2.26. The molecule has 2 fully saturated rings. The van der Waals surface area contributed by atoms with E-state index in [0.29, 0.717) is 5.75 Å². The maximum absolute atomic E-state index is 12.5. The molecule has 0 unspecified atom stereocenters. The van der Waals surface area contributed by atoms with Crippen LogP contribution in [0.1, 0.15) is 84.0 Å². The van der Waals surface area contributed by atoms with Gasteiger partial charge in [-0.25, -0.2) is 0 Å². The highest BCUT2D eigenvalue weighted by Gasteiger charge is 2.28. The number of hydrogen-bond acceptors (Lipinski definition) is 4. The third-order valence-electron chi connectivity index (χ3n) is 7.06. The molecule has 3 rings (SSSR count). The molecule has 3 nitrogen and oxygen atoms in total. The molecule has 0 atom stereocenters. The molecule has 0 spiro atoms. The summed E-state index contributed by atoms with van der Waals surface area (Å²) >= 11 is 4.60. The highest BCUT2D eigenvalue weighted by Crippen LogP contribution is 2.38. The predicted molar refractivity (Wildman–Crippen MR) is 122 cm³/mol. The molecule has 2 aliphatic rings. The van der Waals surface area contributed by atoms with Crippen LogP contribution in [-0.4, -0.2) is 11.1 Å². The summed E-state index contributed by atoms with van der Waals surface area (Å²) in [5.74, 6) is 3.31. The van der Waals surface area contributed by atoms with Crippen molar-refractivity contribution in [1.29, 1.82) is 0 Å². The Kier molecular flexibility index (Phi) is 8.89. The zero-order chi connectivity index (χ0) is 20.5. The number of carbonyl (C=O) groups is 1. The number of hydrogen-bond donors (Lipinski definition) is 0. The lowest BCUT2D eigenvalue weighted by atomic mass is 9.75. The number of rotatable bonds is 8. The van der Waals surface area contributed by atoms with Gasteiger partial charge in [0.15, 0.2) is 0 Å². The average molecular weight is 414 g/mol. The van der Waals surface area contributed by atoms with Crippen LogP contribution in [-0.2, 0) is 4.79 Å². The van der Waals surface area contributed by atoms with Gasteiger partial charge < -0.3 is 4.74 Å². The van der Waals surface area contributed by atoms with Crippen LogP contribution in [0, 0.1) is 23.7 Å². The monoisotopic (exact) mass is 413 g/mol. The van der Waals surface area contributed by atoms with E-state index in [1.165, 1.54) is 64.2 Å². The largest absolute Gasteiger partial charge is 0.426 e. The summed E-state index contributed by atoms with van der Waals surface area (Å²) in [6.45, 7) is 2.31. The molecule has 0 aliphatic heterocycles. The van der Waals surface area contributed by atoms with Crippen molar-refractivity contribution in [3.05, 3.63) is 24.3 Å². The van der Waals surface area contributed by atoms with Crippen LogP contribution in [0.2, 0.25) is 0 Å². The molecule has 0 amide bonds. The molecular formula is C25H35NO2S. The van der Waals surface area contributed by atoms with E-state index in [4.69, 9.17) is 4.74 Å². The Morgan fingerprint density at radius 2 is 1.45 bits per heavy atom. The summed E-state index contributed by atoms with van der Waals surface area (Å²) in [4.78, 5) is 16.4. The fraction of sp³-hybridized carbons (Fsp3) is 0.680. The van der Waals surface area contributed by atoms with Crippen molar-refractivity contribution in [2.75, 3.05) is 0 Å². The molecule has 2 aliphatic carbocycles. The van der Waals surface area contributed by atoms with Crippen molar-refractivity contribution in [3.63, 3.8) is 0 Å². The number of esters is 1. The summed E-state index contributed by atoms with van der Waals surface area (Å²) < 4.78 is 5.58. The maximum atomic E-state index is 12.5. The number of aliphatic imine (C=N–C) groups is 1. The van der Waals surface area contributed by atoms with Crippen LogP contribution in [0.25, 0.3) is 0 Å². The zero-order valence-corrected chi connectivity index (χ0v) is 18.6. The lowest BCUT2D eigenvalue weighted by Gasteiger charge is -2.31. The van der Waals surface area contributed by atoms with E-state index in [-0.39, 0.29) is 11.9 Å². The van der Waals surface area contributed by atoms with Crippen molar-refractivity contribution in [1.82, 2.24) is 0 Å². The highest BCUT2D eigenvalue weighted by molar-refractivity contribution is 7.78. The minimum Gasteiger partial charge on any atom is -0.426 e. The standard InChI is InChI=1S/C25H35NO2S/c1-2-3-19-4-6-20(7-5-19)8-9-21-10-12-22(13-11-21)25(27)28-24-16-14-23(15-17-24)26-18-29/h14-17,19-22H,2-13H2,1H3. The molecule has 4 heteroatoms. The van der Waals surface area contributed by atoms with Gasteiger partial charge in [0.2, 0.25) is 0 Å². The van der Waals surface area contributed by atoms with E-state index in [1.54, 1.807) is 24.3 Å². The second-order valence-corrected chi connectivity index (χ2v) is 9.27. The maximum Gasteiger partial charge on any atom is 0.314 e. The van der Waals surface area contributed by atoms with Crippen LogP contribution in [0.3, 0.4) is 0 Å². The Morgan fingerprint density at radius 3 is 1.97 bits per heavy atom. The molecular weight excluding hydrogens is 378 g/mol. The molecule has 29 heavy (non-hydrogen) atoms. The van der Waals surface area contributed by atoms with Crippen molar-refractivity contribution in [2.24, 2.45) is 28.7 Å². The molecule has 0 heterocycles. The summed E-state index contributed by atoms with van der Waals surface area (Å²) in [5, 5.41) is 2.34. The summed E-state index contributed by atoms with van der Waals surface area (Å²) in [7, 11) is 0. The Labute approximate surface area is 181 Å². The third-order valence-corrected chi connectivity index (χ3v) is 7.15. The topological polar surface area (TPSA) is 38.7 Å². The van der Waals surface area contributed by atoms with Gasteiger partial charge in [-0.15, -0.1) is 0 Å². The number of isothiocyanates is 1. The smallest absolute Gasteiger partial charge is 0.314 e. The van der Waals surface area contributed by atoms with E-state index < -0.39 is 0 Å². The molecule has 0 radical (unpaired) electrons. The Morgan fingerprint density at radius 1 is 0.931 bits per heavy atom. The van der Waals surface area contributed by atoms with Crippen molar-refractivity contribution in [3.8, 4) is 5.75 Å². The summed E-state index contributed by atoms with van der Waals surface area (Å²) in [5.41, 5.74) is 0.721. The van der Waals surface area contributed by atoms with E-state index in [9.17, 15) is 4.79 Å². The number of thiocarbonyl (C=S) groups is 1. The molecule has 0 aromatic heterocycles. The average Bonchev–Trinajstić information content (AvgIpc) is 2.75. The number of carbonyl (C=O) groups excluding carboxylic acids is 1. The number of nitrogens with zero attached hydrogens (tertiary/aromatic N) is 1. The van der Waals surface area contributed by atoms with Crippen LogP contribution in [0.4, 0.5) is 5.69 Å². The SMILES string of the molecule is CCCC1CCC(CCC2CCC(C(=O)Oc3ccc(N=C=S)cc3)CC2)CC1. The predicted octanol–water partition coefficient (Wildman–Crippen LogP) is 7.52. The first-order valence-electron chi connectivity index (χ1n) is 11.6. The Hall–Kier alpha value is -1.51. The van der Waals surface area contributed by atoms with Gasteiger partial charge in [-0.3, -0.25) is 4.79 Å². The molecule has 0 N–H and O–H groups in total. The van der Waals surface area contributed by atoms with Crippen molar-refractivity contribution >= 4 is 29.0 Å². The fourth-order valence-electron chi connectivity index (χ4n) is 5.22. The van der Waals surface area contributed by atoms with Crippen molar-refractivity contribution < 1.29 is 9.53 Å². The first-order valence-corrected chi connectivity index (χ1v) is 12.0. The molecule has 1 aromatic carbocycles. The minimum absolute atomic E-state index is 0.0504. The van der Waals surface area contributed by atoms with Crippen LogP contribution >= 0.6 is 12.2 Å². The van der Waals surface area contributed by atoms with E-state index in [0.717, 1.165) is 36.3 Å². The van der Waals surface area contributed by atoms with Crippen LogP contribution in [0.15, 0.2) is 29.3 Å². The van der Waals surface area contributed by atoms with Gasteiger partial charge >= 0.3 is 5.97 Å². The number of benzene rings is 1. The molecule has 0 saturated heterocycles. The normalized spacial score (nSPS) is 27.1. The molecule has 0 bridgehead atoms. The van der Waals surface area contributed by atoms with Gasteiger partial charge in [0.25, 0.3) is 0 Å². The quantitative estimate of drug-likeness (QED) is 0.191. The van der Waals surface area contributed by atoms with E-state index in [2.05, 4.69) is 29.3 Å². The Balaban J connectivity index is 1.34. The molecule has 2 saturated carbocycles. The second-order valence-electron chi connectivity index (χ2n) is 9.09. The van der Waals surface area contributed by atoms with Gasteiger partial charge in [-0.05, 0) is 79.9 Å². The first-order chi connectivity index (χ1) is 14.2. The van der Waals surface area contributed by atoms with E-state index >= 15 is 0 Å². The molecule has 158 valence electrons. The highest BCUT2D eigenvalue weighted by atomic mass is 32.1. The van der Waals surface area contributed by atoms with Gasteiger partial charge in [-0.1, -0.05) is 58.3 Å². The second kappa shape index (κ2) is 11.6. The van der Waals surface area contributed by atoms with Crippen LogP contribution in [0.5, 0.6) is 5.75 Å². The minimum atomic E-state index is -0.0798. The first kappa shape index (κ1) is 22.2. The number of ether oxygens (including phenoxy) is 1. The third kappa shape index (κ3) is 7.04. The van der Waals surface area contributed by atoms with Crippen molar-refractivity contribution in [2.45, 2.75) is 84.0 Å². The summed E-state index contributed by atoms with van der Waals surface area (Å²) in [6.07, 6.45) is 15.6. The molecule has 1 aromatic rings. The zero-order valence-electron chi connectivity index (χ0n) is 17.8. The van der Waals surface area contributed by atoms with Gasteiger partial charge in [0.05, 0.1) is 16.8 Å². The van der Waals surface area contributed by atoms with Gasteiger partial charge in [0.1, 0.15) is 5.75 Å². The van der Waals surface area contributed by atoms with Gasteiger partial charge in [-0.2, -0.15) is 4.99 Å². The Bertz CT molecular complexity index is 679.